The normalized spacial score (nSPS) is 15.6. The van der Waals surface area contributed by atoms with E-state index in [4.69, 9.17) is 0 Å². The molecule has 0 aromatic heterocycles. The minimum atomic E-state index is -0.241. The lowest BCUT2D eigenvalue weighted by Gasteiger charge is -2.43. The standard InChI is InChI=1S/C31H37FN2O/c1-3-34(4-2)30(35)26-15-17-27(18-16-26)31(28-13-8-14-29(32)24-28)19-22-33(23-20-31)21-9-12-25-10-6-5-7-11-25/h5-8,10-11,13-18,24H,3-4,9,12,19-23H2,1-2H3. The van der Waals surface area contributed by atoms with Crippen molar-refractivity contribution < 1.29 is 9.18 Å². The van der Waals surface area contributed by atoms with E-state index in [2.05, 4.69) is 53.4 Å². The maximum absolute atomic E-state index is 14.3. The van der Waals surface area contributed by atoms with Gasteiger partial charge in [-0.2, -0.15) is 0 Å². The van der Waals surface area contributed by atoms with Crippen LogP contribution in [0.15, 0.2) is 78.9 Å². The van der Waals surface area contributed by atoms with Gasteiger partial charge in [0.25, 0.3) is 5.91 Å². The van der Waals surface area contributed by atoms with Crippen molar-refractivity contribution in [3.8, 4) is 0 Å². The molecule has 3 aromatic carbocycles. The third-order valence-electron chi connectivity index (χ3n) is 7.60. The summed E-state index contributed by atoms with van der Waals surface area (Å²) in [6.07, 6.45) is 4.10. The minimum Gasteiger partial charge on any atom is -0.339 e. The van der Waals surface area contributed by atoms with Crippen LogP contribution >= 0.6 is 0 Å². The van der Waals surface area contributed by atoms with Gasteiger partial charge >= 0.3 is 0 Å². The number of benzene rings is 3. The highest BCUT2D eigenvalue weighted by Gasteiger charge is 2.38. The predicted molar refractivity (Wildman–Crippen MR) is 141 cm³/mol. The van der Waals surface area contributed by atoms with E-state index in [9.17, 15) is 9.18 Å². The second-order valence-corrected chi connectivity index (χ2v) is 9.58. The lowest BCUT2D eigenvalue weighted by Crippen LogP contribution is -2.43. The maximum atomic E-state index is 14.3. The molecule has 3 aromatic rings. The van der Waals surface area contributed by atoms with Crippen LogP contribution in [-0.2, 0) is 11.8 Å². The number of aryl methyl sites for hydroxylation is 1. The molecule has 0 N–H and O–H groups in total. The largest absolute Gasteiger partial charge is 0.339 e. The summed E-state index contributed by atoms with van der Waals surface area (Å²) in [5.74, 6) is -0.130. The zero-order chi connectivity index (χ0) is 24.7. The van der Waals surface area contributed by atoms with Gasteiger partial charge in [0.1, 0.15) is 5.82 Å². The highest BCUT2D eigenvalue weighted by atomic mass is 19.1. The molecule has 1 heterocycles. The Kier molecular flexibility index (Phi) is 8.35. The zero-order valence-corrected chi connectivity index (χ0v) is 21.1. The SMILES string of the molecule is CCN(CC)C(=O)c1ccc(C2(c3cccc(F)c3)CCN(CCCc3ccccc3)CC2)cc1. The quantitative estimate of drug-likeness (QED) is 0.364. The number of hydrogen-bond donors (Lipinski definition) is 0. The molecular weight excluding hydrogens is 435 g/mol. The van der Waals surface area contributed by atoms with Crippen LogP contribution in [0.2, 0.25) is 0 Å². The van der Waals surface area contributed by atoms with Gasteiger partial charge in [0.05, 0.1) is 0 Å². The van der Waals surface area contributed by atoms with Crippen molar-refractivity contribution in [3.05, 3.63) is 107 Å². The third kappa shape index (κ3) is 5.82. The monoisotopic (exact) mass is 472 g/mol. The van der Waals surface area contributed by atoms with E-state index >= 15 is 0 Å². The topological polar surface area (TPSA) is 23.6 Å². The summed E-state index contributed by atoms with van der Waals surface area (Å²) in [7, 11) is 0. The van der Waals surface area contributed by atoms with Crippen LogP contribution in [0.25, 0.3) is 0 Å². The Labute approximate surface area is 209 Å². The zero-order valence-electron chi connectivity index (χ0n) is 21.1. The van der Waals surface area contributed by atoms with Gasteiger partial charge < -0.3 is 9.80 Å². The number of piperidine rings is 1. The van der Waals surface area contributed by atoms with Crippen LogP contribution in [0, 0.1) is 5.82 Å². The Morgan fingerprint density at radius 3 is 2.20 bits per heavy atom. The van der Waals surface area contributed by atoms with Crippen LogP contribution in [0.3, 0.4) is 0 Å². The molecule has 4 rings (SSSR count). The average molecular weight is 473 g/mol. The van der Waals surface area contributed by atoms with Gasteiger partial charge in [-0.15, -0.1) is 0 Å². The molecule has 0 saturated carbocycles. The number of nitrogens with zero attached hydrogens (tertiary/aromatic N) is 2. The summed E-state index contributed by atoms with van der Waals surface area (Å²) in [5.41, 5.74) is 4.06. The van der Waals surface area contributed by atoms with Gasteiger partial charge in [-0.3, -0.25) is 4.79 Å². The first-order valence-corrected chi connectivity index (χ1v) is 13.0. The lowest BCUT2D eigenvalue weighted by molar-refractivity contribution is 0.0773. The second kappa shape index (κ2) is 11.6. The molecular formula is C31H37FN2O. The number of likely N-dealkylation sites (tertiary alicyclic amines) is 1. The fourth-order valence-corrected chi connectivity index (χ4v) is 5.47. The molecule has 35 heavy (non-hydrogen) atoms. The molecule has 0 atom stereocenters. The summed E-state index contributed by atoms with van der Waals surface area (Å²) in [5, 5.41) is 0. The van der Waals surface area contributed by atoms with Crippen molar-refractivity contribution in [2.45, 2.75) is 44.9 Å². The number of rotatable bonds is 9. The van der Waals surface area contributed by atoms with Crippen molar-refractivity contribution in [1.82, 2.24) is 9.80 Å². The average Bonchev–Trinajstić information content (AvgIpc) is 2.90. The van der Waals surface area contributed by atoms with Crippen molar-refractivity contribution in [1.29, 1.82) is 0 Å². The van der Waals surface area contributed by atoms with E-state index < -0.39 is 0 Å². The molecule has 0 unspecified atom stereocenters. The Hall–Kier alpha value is -2.98. The van der Waals surface area contributed by atoms with E-state index in [1.54, 1.807) is 6.07 Å². The van der Waals surface area contributed by atoms with Crippen LogP contribution in [0.5, 0.6) is 0 Å². The number of amides is 1. The molecule has 0 bridgehead atoms. The Morgan fingerprint density at radius 2 is 1.57 bits per heavy atom. The van der Waals surface area contributed by atoms with Crippen molar-refractivity contribution in [3.63, 3.8) is 0 Å². The van der Waals surface area contributed by atoms with Crippen molar-refractivity contribution >= 4 is 5.91 Å². The fraction of sp³-hybridized carbons (Fsp3) is 0.387. The van der Waals surface area contributed by atoms with Gasteiger partial charge in [-0.05, 0) is 100 Å². The third-order valence-corrected chi connectivity index (χ3v) is 7.60. The molecule has 1 aliphatic rings. The summed E-state index contributed by atoms with van der Waals surface area (Å²) in [6, 6.07) is 25.8. The van der Waals surface area contributed by atoms with E-state index in [1.165, 1.54) is 17.2 Å². The first kappa shape index (κ1) is 25.1. The van der Waals surface area contributed by atoms with Crippen molar-refractivity contribution in [2.75, 3.05) is 32.7 Å². The highest BCUT2D eigenvalue weighted by molar-refractivity contribution is 5.94. The number of halogens is 1. The molecule has 1 saturated heterocycles. The van der Waals surface area contributed by atoms with Crippen LogP contribution in [0.4, 0.5) is 4.39 Å². The molecule has 4 heteroatoms. The lowest BCUT2D eigenvalue weighted by atomic mass is 9.68. The predicted octanol–water partition coefficient (Wildman–Crippen LogP) is 6.32. The molecule has 0 spiro atoms. The number of hydrogen-bond acceptors (Lipinski definition) is 2. The smallest absolute Gasteiger partial charge is 0.253 e. The van der Waals surface area contributed by atoms with Crippen LogP contribution < -0.4 is 0 Å². The van der Waals surface area contributed by atoms with E-state index in [1.807, 2.05) is 36.9 Å². The first-order chi connectivity index (χ1) is 17.1. The van der Waals surface area contributed by atoms with Gasteiger partial charge in [-0.1, -0.05) is 54.6 Å². The first-order valence-electron chi connectivity index (χ1n) is 13.0. The molecule has 1 amide bonds. The molecule has 1 aliphatic heterocycles. The Morgan fingerprint density at radius 1 is 0.886 bits per heavy atom. The van der Waals surface area contributed by atoms with E-state index in [0.717, 1.165) is 50.9 Å². The number of carbonyl (C=O) groups is 1. The molecule has 0 aliphatic carbocycles. The summed E-state index contributed by atoms with van der Waals surface area (Å²) in [6.45, 7) is 8.43. The molecule has 0 radical (unpaired) electrons. The minimum absolute atomic E-state index is 0.0644. The fourth-order valence-electron chi connectivity index (χ4n) is 5.47. The summed E-state index contributed by atoms with van der Waals surface area (Å²) in [4.78, 5) is 17.2. The van der Waals surface area contributed by atoms with Crippen molar-refractivity contribution in [2.24, 2.45) is 0 Å². The summed E-state index contributed by atoms with van der Waals surface area (Å²) >= 11 is 0. The van der Waals surface area contributed by atoms with Gasteiger partial charge in [0.15, 0.2) is 0 Å². The second-order valence-electron chi connectivity index (χ2n) is 9.58. The van der Waals surface area contributed by atoms with E-state index in [0.29, 0.717) is 18.7 Å². The Balaban J connectivity index is 1.50. The van der Waals surface area contributed by atoms with Crippen LogP contribution in [0.1, 0.15) is 60.2 Å². The number of carbonyl (C=O) groups excluding carboxylic acids is 1. The molecule has 184 valence electrons. The van der Waals surface area contributed by atoms with Crippen LogP contribution in [-0.4, -0.2) is 48.4 Å². The molecule has 1 fully saturated rings. The maximum Gasteiger partial charge on any atom is 0.253 e. The van der Waals surface area contributed by atoms with E-state index in [-0.39, 0.29) is 17.1 Å². The summed E-state index contributed by atoms with van der Waals surface area (Å²) < 4.78 is 14.3. The highest BCUT2D eigenvalue weighted by Crippen LogP contribution is 2.42. The van der Waals surface area contributed by atoms with Gasteiger partial charge in [0.2, 0.25) is 0 Å². The molecule has 3 nitrogen and oxygen atoms in total. The van der Waals surface area contributed by atoms with Gasteiger partial charge in [0, 0.05) is 24.1 Å². The van der Waals surface area contributed by atoms with Gasteiger partial charge in [-0.25, -0.2) is 4.39 Å². The Bertz CT molecular complexity index is 1080.